The van der Waals surface area contributed by atoms with Crippen molar-refractivity contribution >= 4 is 11.9 Å². The van der Waals surface area contributed by atoms with Gasteiger partial charge in [-0.1, -0.05) is 17.2 Å². The molecule has 4 heterocycles. The average Bonchev–Trinajstić information content (AvgIpc) is 3.71. The number of rotatable bonds is 7. The number of hydrogen-bond acceptors (Lipinski definition) is 9. The van der Waals surface area contributed by atoms with Crippen molar-refractivity contribution in [2.75, 3.05) is 13.2 Å². The quantitative estimate of drug-likeness (QED) is 0.379. The molecule has 0 bridgehead atoms. The predicted molar refractivity (Wildman–Crippen MR) is 125 cm³/mol. The third kappa shape index (κ3) is 4.30. The number of hydrogen-bond donors (Lipinski definition) is 2. The molecule has 13 nitrogen and oxygen atoms in total. The van der Waals surface area contributed by atoms with Gasteiger partial charge < -0.3 is 29.2 Å². The molecule has 0 saturated carbocycles. The van der Waals surface area contributed by atoms with E-state index in [1.165, 1.54) is 16.8 Å². The fourth-order valence-corrected chi connectivity index (χ4v) is 4.59. The summed E-state index contributed by atoms with van der Waals surface area (Å²) in [7, 11) is 0. The van der Waals surface area contributed by atoms with Crippen LogP contribution in [-0.2, 0) is 9.47 Å². The van der Waals surface area contributed by atoms with Crippen molar-refractivity contribution in [3.8, 4) is 17.4 Å². The van der Waals surface area contributed by atoms with Crippen LogP contribution in [0.5, 0.6) is 11.8 Å². The topological polar surface area (TPSA) is 156 Å². The number of carboxylic acid groups (broad SMARTS) is 1. The van der Waals surface area contributed by atoms with Crippen LogP contribution in [0.25, 0.3) is 5.69 Å². The molecule has 2 fully saturated rings. The smallest absolute Gasteiger partial charge is 0.341 e. The highest BCUT2D eigenvalue weighted by Gasteiger charge is 2.50. The monoisotopic (exact) mass is 503 g/mol. The van der Waals surface area contributed by atoms with Crippen LogP contribution in [0.3, 0.4) is 0 Å². The van der Waals surface area contributed by atoms with Gasteiger partial charge in [-0.25, -0.2) is 9.78 Å². The highest BCUT2D eigenvalue weighted by atomic mass is 16.6. The molecule has 2 aliphatic heterocycles. The van der Waals surface area contributed by atoms with Gasteiger partial charge in [0.15, 0.2) is 0 Å². The van der Waals surface area contributed by atoms with Crippen molar-refractivity contribution in [1.29, 1.82) is 0 Å². The lowest BCUT2D eigenvalue weighted by Gasteiger charge is -2.18. The van der Waals surface area contributed by atoms with Crippen molar-refractivity contribution in [3.63, 3.8) is 0 Å². The molecule has 2 N–H and O–H groups in total. The fourth-order valence-electron chi connectivity index (χ4n) is 4.59. The molecule has 2 aromatic heterocycles. The zero-order valence-corrected chi connectivity index (χ0v) is 19.2. The van der Waals surface area contributed by atoms with Crippen molar-refractivity contribution in [2.24, 2.45) is 0 Å². The van der Waals surface area contributed by atoms with Crippen LogP contribution in [0.1, 0.15) is 26.8 Å². The molecule has 13 heteroatoms. The second-order valence-corrected chi connectivity index (χ2v) is 8.57. The first-order valence-electron chi connectivity index (χ1n) is 11.5. The number of nitrogens with zero attached hydrogens (tertiary/aromatic N) is 6. The van der Waals surface area contributed by atoms with Crippen LogP contribution < -0.4 is 10.1 Å². The van der Waals surface area contributed by atoms with Gasteiger partial charge in [0.1, 0.15) is 24.0 Å². The van der Waals surface area contributed by atoms with E-state index in [0.717, 1.165) is 5.69 Å². The maximum atomic E-state index is 12.8. The summed E-state index contributed by atoms with van der Waals surface area (Å²) in [4.78, 5) is 28.4. The highest BCUT2D eigenvalue weighted by molar-refractivity contribution is 6.04. The molecular weight excluding hydrogens is 482 g/mol. The molecule has 2 saturated heterocycles. The van der Waals surface area contributed by atoms with Gasteiger partial charge in [-0.3, -0.25) is 4.79 Å². The van der Waals surface area contributed by atoms with Crippen molar-refractivity contribution in [3.05, 3.63) is 78.4 Å². The molecule has 2 aliphatic rings. The number of aromatic carboxylic acids is 1. The number of carbonyl (C=O) groups excluding carboxylic acids is 1. The third-order valence-electron chi connectivity index (χ3n) is 6.37. The van der Waals surface area contributed by atoms with Gasteiger partial charge in [0.2, 0.25) is 0 Å². The van der Waals surface area contributed by atoms with E-state index >= 15 is 0 Å². The summed E-state index contributed by atoms with van der Waals surface area (Å²) in [5.74, 6) is -1.14. The Kier molecular flexibility index (Phi) is 5.82. The predicted octanol–water partition coefficient (Wildman–Crippen LogP) is 1.49. The number of tetrazole rings is 1. The fraction of sp³-hybridized carbons (Fsp3) is 0.250. The Morgan fingerprint density at radius 2 is 1.81 bits per heavy atom. The molecule has 2 aromatic carbocycles. The van der Waals surface area contributed by atoms with Crippen molar-refractivity contribution < 1.29 is 28.9 Å². The van der Waals surface area contributed by atoms with Crippen LogP contribution in [0.2, 0.25) is 0 Å². The van der Waals surface area contributed by atoms with Crippen LogP contribution in [0.15, 0.2) is 67.3 Å². The minimum atomic E-state index is -1.17. The van der Waals surface area contributed by atoms with E-state index in [9.17, 15) is 14.7 Å². The normalized spacial score (nSPS) is 22.5. The largest absolute Gasteiger partial charge is 0.478 e. The average molecular weight is 503 g/mol. The Bertz CT molecular complexity index is 1420. The van der Waals surface area contributed by atoms with E-state index in [0.29, 0.717) is 5.75 Å². The van der Waals surface area contributed by atoms with E-state index < -0.39 is 30.1 Å². The molecule has 0 spiro atoms. The first kappa shape index (κ1) is 22.8. The highest BCUT2D eigenvalue weighted by Crippen LogP contribution is 2.36. The van der Waals surface area contributed by atoms with Gasteiger partial charge in [0.25, 0.3) is 5.91 Å². The van der Waals surface area contributed by atoms with Gasteiger partial charge in [0.05, 0.1) is 36.7 Å². The number of nitrogens with one attached hydrogen (secondary N) is 1. The van der Waals surface area contributed by atoms with Gasteiger partial charge in [-0.2, -0.15) is 4.68 Å². The number of ether oxygens (including phenoxy) is 3. The summed E-state index contributed by atoms with van der Waals surface area (Å²) in [5, 5.41) is 24.1. The van der Waals surface area contributed by atoms with Crippen LogP contribution in [0, 0.1) is 0 Å². The summed E-state index contributed by atoms with van der Waals surface area (Å²) < 4.78 is 21.2. The van der Waals surface area contributed by atoms with Gasteiger partial charge >= 0.3 is 12.0 Å². The second-order valence-electron chi connectivity index (χ2n) is 8.57. The molecule has 0 radical (unpaired) electrons. The van der Waals surface area contributed by atoms with E-state index in [1.807, 2.05) is 22.9 Å². The Morgan fingerprint density at radius 3 is 2.57 bits per heavy atom. The second kappa shape index (κ2) is 9.44. The number of aromatic nitrogens is 6. The molecule has 1 amide bonds. The molecule has 6 rings (SSSR count). The summed E-state index contributed by atoms with van der Waals surface area (Å²) in [5.41, 5.74) is 0.923. The van der Waals surface area contributed by atoms with E-state index in [1.54, 1.807) is 36.8 Å². The minimum absolute atomic E-state index is 0.0724. The van der Waals surface area contributed by atoms with E-state index in [-0.39, 0.29) is 36.4 Å². The van der Waals surface area contributed by atoms with Gasteiger partial charge in [-0.15, -0.1) is 0 Å². The Morgan fingerprint density at radius 1 is 1.03 bits per heavy atom. The number of carboxylic acids is 1. The molecule has 0 aliphatic carbocycles. The zero-order chi connectivity index (χ0) is 25.4. The SMILES string of the molecule is O=C(O)c1ccccc1C(=O)NC1COC2C1OCC2n1nnnc1Oc1ccc(-n2ccnc2)cc1. The summed E-state index contributed by atoms with van der Waals surface area (Å²) in [6.45, 7) is 0.440. The number of fused-ring (bicyclic) bond motifs is 1. The molecule has 188 valence electrons. The minimum Gasteiger partial charge on any atom is -0.478 e. The standard InChI is InChI=1S/C24H21N7O6/c32-22(16-3-1-2-4-17(16)23(33)34)26-18-11-35-21-19(12-36-20(18)21)31-24(27-28-29-31)37-15-7-5-14(6-8-15)30-10-9-25-13-30/h1-10,13,18-21H,11-12H2,(H,26,32)(H,33,34). The lowest BCUT2D eigenvalue weighted by Crippen LogP contribution is -2.44. The molecule has 4 atom stereocenters. The van der Waals surface area contributed by atoms with E-state index in [4.69, 9.17) is 14.2 Å². The van der Waals surface area contributed by atoms with Crippen LogP contribution in [0.4, 0.5) is 0 Å². The first-order valence-corrected chi connectivity index (χ1v) is 11.5. The summed E-state index contributed by atoms with van der Waals surface area (Å²) in [6, 6.07) is 12.7. The Balaban J connectivity index is 1.14. The molecular formula is C24H21N7O6. The molecule has 37 heavy (non-hydrogen) atoms. The number of carbonyl (C=O) groups is 2. The van der Waals surface area contributed by atoms with Crippen molar-refractivity contribution in [2.45, 2.75) is 24.3 Å². The molecule has 4 aromatic rings. The Labute approximate surface area is 209 Å². The van der Waals surface area contributed by atoms with Gasteiger partial charge in [-0.05, 0) is 46.8 Å². The van der Waals surface area contributed by atoms with Crippen molar-refractivity contribution in [1.82, 2.24) is 35.1 Å². The summed E-state index contributed by atoms with van der Waals surface area (Å²) in [6.07, 6.45) is 4.35. The first-order chi connectivity index (χ1) is 18.1. The van der Waals surface area contributed by atoms with Crippen LogP contribution >= 0.6 is 0 Å². The maximum Gasteiger partial charge on any atom is 0.341 e. The maximum absolute atomic E-state index is 12.8. The zero-order valence-electron chi connectivity index (χ0n) is 19.2. The number of imidazole rings is 1. The van der Waals surface area contributed by atoms with E-state index in [2.05, 4.69) is 25.8 Å². The lowest BCUT2D eigenvalue weighted by atomic mass is 10.0. The third-order valence-corrected chi connectivity index (χ3v) is 6.37. The summed E-state index contributed by atoms with van der Waals surface area (Å²) >= 11 is 0. The molecule has 4 unspecified atom stereocenters. The Hall–Kier alpha value is -4.62. The van der Waals surface area contributed by atoms with Gasteiger partial charge in [0, 0.05) is 18.1 Å². The van der Waals surface area contributed by atoms with Crippen LogP contribution in [-0.4, -0.2) is 78.2 Å². The number of benzene rings is 2. The lowest BCUT2D eigenvalue weighted by molar-refractivity contribution is 0.0606. The number of amides is 1.